The van der Waals surface area contributed by atoms with Crippen LogP contribution in [0.2, 0.25) is 0 Å². The van der Waals surface area contributed by atoms with Crippen LogP contribution in [-0.4, -0.2) is 45.6 Å². The molecule has 0 heterocycles. The van der Waals surface area contributed by atoms with Crippen molar-refractivity contribution in [3.8, 4) is 0 Å². The van der Waals surface area contributed by atoms with Crippen molar-refractivity contribution in [2.45, 2.75) is 6.42 Å². The molecule has 0 fully saturated rings. The number of rotatable bonds is 5. The quantitative estimate of drug-likeness (QED) is 0.556. The summed E-state index contributed by atoms with van der Waals surface area (Å²) in [5.41, 5.74) is 6.44. The fourth-order valence-electron chi connectivity index (χ4n) is 1.47. The minimum Gasteiger partial charge on any atom is -0.478 e. The molecule has 0 saturated carbocycles. The maximum Gasteiger partial charge on any atom is 0.426 e. The van der Waals surface area contributed by atoms with Crippen molar-refractivity contribution >= 4 is 23.9 Å². The Morgan fingerprint density at radius 1 is 1.10 bits per heavy atom. The molecule has 112 valence electrons. The van der Waals surface area contributed by atoms with E-state index in [9.17, 15) is 19.2 Å². The second kappa shape index (κ2) is 6.89. The van der Waals surface area contributed by atoms with Crippen LogP contribution in [0.4, 0.5) is 4.79 Å². The molecule has 5 N–H and O–H groups in total. The average Bonchev–Trinajstić information content (AvgIpc) is 2.42. The number of primary amides is 1. The van der Waals surface area contributed by atoms with Crippen molar-refractivity contribution in [1.29, 1.82) is 0 Å². The number of carboxylic acid groups (broad SMARTS) is 2. The van der Waals surface area contributed by atoms with Gasteiger partial charge in [0.15, 0.2) is 0 Å². The second-order valence-electron chi connectivity index (χ2n) is 3.94. The van der Waals surface area contributed by atoms with Gasteiger partial charge in [-0.3, -0.25) is 15.0 Å². The third-order valence-electron chi connectivity index (χ3n) is 2.45. The van der Waals surface area contributed by atoms with E-state index in [4.69, 9.17) is 15.9 Å². The predicted molar refractivity (Wildman–Crippen MR) is 69.4 cm³/mol. The van der Waals surface area contributed by atoms with E-state index >= 15 is 0 Å². The summed E-state index contributed by atoms with van der Waals surface area (Å²) in [5.74, 6) is -2.97. The molecular weight excluding hydrogens is 282 g/mol. The highest BCUT2D eigenvalue weighted by molar-refractivity contribution is 6.04. The molecule has 0 saturated heterocycles. The Bertz CT molecular complexity index is 586. The highest BCUT2D eigenvalue weighted by Gasteiger charge is 2.20. The second-order valence-corrected chi connectivity index (χ2v) is 3.94. The molecule has 3 amide bonds. The monoisotopic (exact) mass is 295 g/mol. The van der Waals surface area contributed by atoms with Gasteiger partial charge in [-0.2, -0.15) is 0 Å². The van der Waals surface area contributed by atoms with Crippen molar-refractivity contribution in [2.24, 2.45) is 5.73 Å². The van der Waals surface area contributed by atoms with Crippen LogP contribution in [-0.2, 0) is 4.79 Å². The lowest BCUT2D eigenvalue weighted by Gasteiger charge is -2.19. The molecule has 1 rings (SSSR count). The number of nitrogens with one attached hydrogen (secondary N) is 1. The largest absolute Gasteiger partial charge is 0.478 e. The minimum atomic E-state index is -1.50. The third kappa shape index (κ3) is 4.49. The standard InChI is InChI=1S/C12H13N3O6/c13-9(16)5-6-15(12(20)21)14-10(17)7-3-1-2-4-8(7)11(18)19/h1-4H,5-6H2,(H2,13,16)(H,14,17)(H,18,19)(H,20,21). The van der Waals surface area contributed by atoms with Crippen LogP contribution in [0.25, 0.3) is 0 Å². The smallest absolute Gasteiger partial charge is 0.426 e. The fraction of sp³-hybridized carbons (Fsp3) is 0.167. The molecule has 9 nitrogen and oxygen atoms in total. The lowest BCUT2D eigenvalue weighted by Crippen LogP contribution is -2.47. The van der Waals surface area contributed by atoms with E-state index in [-0.39, 0.29) is 24.1 Å². The minimum absolute atomic E-state index is 0.199. The Morgan fingerprint density at radius 3 is 2.14 bits per heavy atom. The lowest BCUT2D eigenvalue weighted by molar-refractivity contribution is -0.118. The first-order valence-electron chi connectivity index (χ1n) is 5.75. The van der Waals surface area contributed by atoms with Crippen molar-refractivity contribution in [3.63, 3.8) is 0 Å². The van der Waals surface area contributed by atoms with Gasteiger partial charge < -0.3 is 15.9 Å². The van der Waals surface area contributed by atoms with E-state index in [1.807, 2.05) is 5.43 Å². The zero-order chi connectivity index (χ0) is 16.0. The number of hydrogen-bond donors (Lipinski definition) is 4. The Kier molecular flexibility index (Phi) is 5.24. The number of aromatic carboxylic acids is 1. The molecule has 1 aromatic rings. The number of carbonyl (C=O) groups is 4. The number of hydrogen-bond acceptors (Lipinski definition) is 4. The molecule has 0 aromatic heterocycles. The van der Waals surface area contributed by atoms with E-state index in [0.717, 1.165) is 0 Å². The molecule has 0 aliphatic carbocycles. The summed E-state index contributed by atoms with van der Waals surface area (Å²) < 4.78 is 0. The summed E-state index contributed by atoms with van der Waals surface area (Å²) in [7, 11) is 0. The summed E-state index contributed by atoms with van der Waals surface area (Å²) in [5, 5.41) is 18.3. The van der Waals surface area contributed by atoms with Gasteiger partial charge in [-0.1, -0.05) is 12.1 Å². The Balaban J connectivity index is 2.90. The Labute approximate surface area is 118 Å². The number of carbonyl (C=O) groups excluding carboxylic acids is 2. The van der Waals surface area contributed by atoms with Crippen molar-refractivity contribution in [2.75, 3.05) is 6.54 Å². The van der Waals surface area contributed by atoms with Gasteiger partial charge in [0.2, 0.25) is 5.91 Å². The van der Waals surface area contributed by atoms with E-state index < -0.39 is 23.9 Å². The number of nitrogens with two attached hydrogens (primary N) is 1. The van der Waals surface area contributed by atoms with Gasteiger partial charge in [-0.05, 0) is 12.1 Å². The van der Waals surface area contributed by atoms with Gasteiger partial charge in [-0.15, -0.1) is 0 Å². The van der Waals surface area contributed by atoms with E-state index in [1.54, 1.807) is 0 Å². The molecular formula is C12H13N3O6. The maximum absolute atomic E-state index is 11.9. The van der Waals surface area contributed by atoms with Crippen LogP contribution in [0, 0.1) is 0 Å². The summed E-state index contributed by atoms with van der Waals surface area (Å²) in [4.78, 5) is 44.5. The van der Waals surface area contributed by atoms with Gasteiger partial charge in [0.05, 0.1) is 17.7 Å². The Hall–Kier alpha value is -3.10. The van der Waals surface area contributed by atoms with E-state index in [2.05, 4.69) is 0 Å². The summed E-state index contributed by atoms with van der Waals surface area (Å²) in [6.45, 7) is -0.342. The molecule has 0 bridgehead atoms. The first-order valence-corrected chi connectivity index (χ1v) is 5.75. The molecule has 0 aliphatic rings. The van der Waals surface area contributed by atoms with Crippen LogP contribution < -0.4 is 11.2 Å². The number of nitrogens with zero attached hydrogens (tertiary/aromatic N) is 1. The normalized spacial score (nSPS) is 9.71. The predicted octanol–water partition coefficient (Wildman–Crippen LogP) is -0.115. The zero-order valence-electron chi connectivity index (χ0n) is 10.8. The number of amides is 3. The molecule has 0 radical (unpaired) electrons. The van der Waals surface area contributed by atoms with Crippen LogP contribution in [0.1, 0.15) is 27.1 Å². The summed E-state index contributed by atoms with van der Waals surface area (Å²) >= 11 is 0. The van der Waals surface area contributed by atoms with Crippen molar-refractivity contribution in [3.05, 3.63) is 35.4 Å². The van der Waals surface area contributed by atoms with E-state index in [1.165, 1.54) is 24.3 Å². The van der Waals surface area contributed by atoms with Gasteiger partial charge in [-0.25, -0.2) is 14.6 Å². The summed E-state index contributed by atoms with van der Waals surface area (Å²) in [6, 6.07) is 5.33. The molecule has 21 heavy (non-hydrogen) atoms. The first-order chi connectivity index (χ1) is 9.82. The zero-order valence-corrected chi connectivity index (χ0v) is 10.8. The number of carboxylic acids is 1. The van der Waals surface area contributed by atoms with Gasteiger partial charge in [0.1, 0.15) is 0 Å². The average molecular weight is 295 g/mol. The molecule has 0 spiro atoms. The molecule has 1 aromatic carbocycles. The number of benzene rings is 1. The van der Waals surface area contributed by atoms with E-state index in [0.29, 0.717) is 5.01 Å². The topological polar surface area (TPSA) is 150 Å². The van der Waals surface area contributed by atoms with Crippen molar-refractivity contribution < 1.29 is 29.4 Å². The van der Waals surface area contributed by atoms with Crippen molar-refractivity contribution in [1.82, 2.24) is 10.4 Å². The number of hydrazine groups is 1. The van der Waals surface area contributed by atoms with Gasteiger partial charge in [0, 0.05) is 6.42 Å². The van der Waals surface area contributed by atoms with Crippen LogP contribution in [0.3, 0.4) is 0 Å². The van der Waals surface area contributed by atoms with Crippen LogP contribution >= 0.6 is 0 Å². The molecule has 0 aliphatic heterocycles. The highest BCUT2D eigenvalue weighted by atomic mass is 16.4. The fourth-order valence-corrected chi connectivity index (χ4v) is 1.47. The van der Waals surface area contributed by atoms with Gasteiger partial charge in [0.25, 0.3) is 5.91 Å². The third-order valence-corrected chi connectivity index (χ3v) is 2.45. The van der Waals surface area contributed by atoms with Gasteiger partial charge >= 0.3 is 12.1 Å². The first kappa shape index (κ1) is 16.0. The highest BCUT2D eigenvalue weighted by Crippen LogP contribution is 2.09. The molecule has 0 unspecified atom stereocenters. The summed E-state index contributed by atoms with van der Waals surface area (Å²) in [6.07, 6.45) is -1.79. The van der Waals surface area contributed by atoms with Crippen LogP contribution in [0.15, 0.2) is 24.3 Å². The Morgan fingerprint density at radius 2 is 1.67 bits per heavy atom. The van der Waals surface area contributed by atoms with Crippen LogP contribution in [0.5, 0.6) is 0 Å². The lowest BCUT2D eigenvalue weighted by atomic mass is 10.1. The maximum atomic E-state index is 11.9. The molecule has 9 heteroatoms. The molecule has 0 atom stereocenters. The SMILES string of the molecule is NC(=O)CCN(NC(=O)c1ccccc1C(=O)O)C(=O)O.